The van der Waals surface area contributed by atoms with Gasteiger partial charge in [-0.15, -0.1) is 21.5 Å². The summed E-state index contributed by atoms with van der Waals surface area (Å²) in [5.74, 6) is 0.711. The molecule has 3 heterocycles. The van der Waals surface area contributed by atoms with Gasteiger partial charge in [-0.05, 0) is 31.2 Å². The van der Waals surface area contributed by atoms with Crippen molar-refractivity contribution in [2.24, 2.45) is 0 Å². The van der Waals surface area contributed by atoms with Crippen molar-refractivity contribution < 1.29 is 4.79 Å². The minimum absolute atomic E-state index is 0.0144. The molecule has 1 atom stereocenters. The molecule has 0 saturated carbocycles. The Balaban J connectivity index is 1.39. The lowest BCUT2D eigenvalue weighted by atomic mass is 10.2. The van der Waals surface area contributed by atoms with Gasteiger partial charge in [0.05, 0.1) is 21.3 Å². The Kier molecular flexibility index (Phi) is 4.15. The third-order valence-electron chi connectivity index (χ3n) is 4.01. The van der Waals surface area contributed by atoms with Crippen LogP contribution in [0.15, 0.2) is 48.7 Å². The predicted octanol–water partition coefficient (Wildman–Crippen LogP) is 3.15. The second kappa shape index (κ2) is 6.60. The van der Waals surface area contributed by atoms with Gasteiger partial charge in [0.15, 0.2) is 11.5 Å². The number of hydrogen-bond acceptors (Lipinski definition) is 5. The van der Waals surface area contributed by atoms with Crippen LogP contribution in [0.1, 0.15) is 30.2 Å². The fourth-order valence-electron chi connectivity index (χ4n) is 2.78. The Labute approximate surface area is 148 Å². The number of benzene rings is 1. The van der Waals surface area contributed by atoms with Crippen LogP contribution in [0.4, 0.5) is 0 Å². The van der Waals surface area contributed by atoms with E-state index in [9.17, 15) is 4.79 Å². The van der Waals surface area contributed by atoms with E-state index in [0.717, 1.165) is 26.7 Å². The van der Waals surface area contributed by atoms with Gasteiger partial charge in [0, 0.05) is 19.0 Å². The largest absolute Gasteiger partial charge is 0.346 e. The van der Waals surface area contributed by atoms with E-state index in [2.05, 4.69) is 26.6 Å². The van der Waals surface area contributed by atoms with Crippen LogP contribution in [0.25, 0.3) is 15.9 Å². The van der Waals surface area contributed by atoms with Gasteiger partial charge in [-0.2, -0.15) is 0 Å². The number of aromatic nitrogens is 4. The standard InChI is InChI=1S/C18H17N5OS/c1-12(18-22-21-15-8-4-5-11-23(15)18)19-16(24)9-10-17-20-13-6-2-3-7-14(13)25-17/h2-8,11-12H,9-10H2,1H3,(H,19,24). The fraction of sp³-hybridized carbons (Fsp3) is 0.222. The van der Waals surface area contributed by atoms with Gasteiger partial charge >= 0.3 is 0 Å². The van der Waals surface area contributed by atoms with E-state index in [-0.39, 0.29) is 11.9 Å². The van der Waals surface area contributed by atoms with Crippen LogP contribution in [0.2, 0.25) is 0 Å². The zero-order valence-electron chi connectivity index (χ0n) is 13.7. The summed E-state index contributed by atoms with van der Waals surface area (Å²) in [5.41, 5.74) is 1.76. The van der Waals surface area contributed by atoms with Crippen molar-refractivity contribution in [3.63, 3.8) is 0 Å². The SMILES string of the molecule is CC(NC(=O)CCc1nc2ccccc2s1)c1nnc2ccccn12. The van der Waals surface area contributed by atoms with Crippen LogP contribution in [0.3, 0.4) is 0 Å². The number of carbonyl (C=O) groups excluding carboxylic acids is 1. The van der Waals surface area contributed by atoms with Crippen molar-refractivity contribution in [2.45, 2.75) is 25.8 Å². The normalized spacial score (nSPS) is 12.5. The molecule has 6 nitrogen and oxygen atoms in total. The molecule has 1 amide bonds. The molecule has 0 aliphatic heterocycles. The van der Waals surface area contributed by atoms with E-state index >= 15 is 0 Å². The summed E-state index contributed by atoms with van der Waals surface area (Å²) in [5, 5.41) is 12.3. The molecule has 1 N–H and O–H groups in total. The summed E-state index contributed by atoms with van der Waals surface area (Å²) in [6.07, 6.45) is 2.94. The second-order valence-corrected chi connectivity index (χ2v) is 6.97. The van der Waals surface area contributed by atoms with Gasteiger partial charge in [0.25, 0.3) is 0 Å². The number of hydrogen-bond donors (Lipinski definition) is 1. The molecular weight excluding hydrogens is 334 g/mol. The molecule has 0 saturated heterocycles. The molecule has 0 aliphatic carbocycles. The van der Waals surface area contributed by atoms with Crippen LogP contribution in [-0.2, 0) is 11.2 Å². The topological polar surface area (TPSA) is 72.2 Å². The molecule has 0 radical (unpaired) electrons. The van der Waals surface area contributed by atoms with Crippen LogP contribution < -0.4 is 5.32 Å². The van der Waals surface area contributed by atoms with Gasteiger partial charge < -0.3 is 5.32 Å². The van der Waals surface area contributed by atoms with Crippen LogP contribution in [-0.4, -0.2) is 25.5 Å². The summed E-state index contributed by atoms with van der Waals surface area (Å²) in [6, 6.07) is 13.5. The summed E-state index contributed by atoms with van der Waals surface area (Å²) in [7, 11) is 0. The first kappa shape index (κ1) is 15.7. The molecule has 126 valence electrons. The Morgan fingerprint density at radius 2 is 2.04 bits per heavy atom. The highest BCUT2D eigenvalue weighted by atomic mass is 32.1. The molecule has 4 aromatic rings. The van der Waals surface area contributed by atoms with E-state index in [4.69, 9.17) is 0 Å². The minimum atomic E-state index is -0.208. The van der Waals surface area contributed by atoms with E-state index < -0.39 is 0 Å². The van der Waals surface area contributed by atoms with Gasteiger partial charge in [0.2, 0.25) is 5.91 Å². The molecule has 7 heteroatoms. The smallest absolute Gasteiger partial charge is 0.220 e. The fourth-order valence-corrected chi connectivity index (χ4v) is 3.75. The Hall–Kier alpha value is -2.80. The average Bonchev–Trinajstić information content (AvgIpc) is 3.23. The number of fused-ring (bicyclic) bond motifs is 2. The molecule has 1 aromatic carbocycles. The summed E-state index contributed by atoms with van der Waals surface area (Å²) < 4.78 is 3.04. The highest BCUT2D eigenvalue weighted by molar-refractivity contribution is 7.18. The van der Waals surface area contributed by atoms with E-state index in [1.54, 1.807) is 11.3 Å². The first-order chi connectivity index (χ1) is 12.2. The van der Waals surface area contributed by atoms with Crippen molar-refractivity contribution >= 4 is 33.1 Å². The van der Waals surface area contributed by atoms with Gasteiger partial charge in [-0.3, -0.25) is 9.20 Å². The van der Waals surface area contributed by atoms with Gasteiger partial charge in [0.1, 0.15) is 0 Å². The lowest BCUT2D eigenvalue weighted by Gasteiger charge is -2.12. The minimum Gasteiger partial charge on any atom is -0.346 e. The number of carbonyl (C=O) groups is 1. The Morgan fingerprint density at radius 1 is 1.20 bits per heavy atom. The highest BCUT2D eigenvalue weighted by Crippen LogP contribution is 2.22. The zero-order valence-corrected chi connectivity index (χ0v) is 14.5. The van der Waals surface area contributed by atoms with Crippen molar-refractivity contribution in [2.75, 3.05) is 0 Å². The number of nitrogens with zero attached hydrogens (tertiary/aromatic N) is 4. The van der Waals surface area contributed by atoms with E-state index in [0.29, 0.717) is 12.8 Å². The summed E-state index contributed by atoms with van der Waals surface area (Å²) in [6.45, 7) is 1.92. The third-order valence-corrected chi connectivity index (χ3v) is 5.11. The van der Waals surface area contributed by atoms with Crippen LogP contribution in [0.5, 0.6) is 0 Å². The zero-order chi connectivity index (χ0) is 17.2. The lowest BCUT2D eigenvalue weighted by Crippen LogP contribution is -2.28. The Bertz CT molecular complexity index is 1000. The quantitative estimate of drug-likeness (QED) is 0.599. The van der Waals surface area contributed by atoms with Gasteiger partial charge in [-0.25, -0.2) is 4.98 Å². The number of rotatable bonds is 5. The molecule has 0 fully saturated rings. The average molecular weight is 351 g/mol. The first-order valence-corrected chi connectivity index (χ1v) is 8.96. The highest BCUT2D eigenvalue weighted by Gasteiger charge is 2.16. The van der Waals surface area contributed by atoms with Crippen LogP contribution >= 0.6 is 11.3 Å². The summed E-state index contributed by atoms with van der Waals surface area (Å²) in [4.78, 5) is 16.8. The monoisotopic (exact) mass is 351 g/mol. The van der Waals surface area contributed by atoms with E-state index in [1.807, 2.05) is 53.9 Å². The summed E-state index contributed by atoms with van der Waals surface area (Å²) >= 11 is 1.64. The first-order valence-electron chi connectivity index (χ1n) is 8.14. The van der Waals surface area contributed by atoms with E-state index in [1.165, 1.54) is 0 Å². The Morgan fingerprint density at radius 3 is 2.92 bits per heavy atom. The van der Waals surface area contributed by atoms with Crippen molar-refractivity contribution in [3.8, 4) is 0 Å². The molecule has 4 rings (SSSR count). The number of amides is 1. The molecular formula is C18H17N5OS. The maximum absolute atomic E-state index is 12.3. The molecule has 3 aromatic heterocycles. The molecule has 25 heavy (non-hydrogen) atoms. The lowest BCUT2D eigenvalue weighted by molar-refractivity contribution is -0.121. The number of thiazole rings is 1. The second-order valence-electron chi connectivity index (χ2n) is 5.85. The number of pyridine rings is 1. The predicted molar refractivity (Wildman–Crippen MR) is 97.5 cm³/mol. The van der Waals surface area contributed by atoms with Crippen molar-refractivity contribution in [3.05, 3.63) is 59.5 Å². The molecule has 0 spiro atoms. The number of aryl methyl sites for hydroxylation is 1. The third kappa shape index (κ3) is 3.23. The van der Waals surface area contributed by atoms with Crippen molar-refractivity contribution in [1.29, 1.82) is 0 Å². The number of nitrogens with one attached hydrogen (secondary N) is 1. The van der Waals surface area contributed by atoms with Crippen molar-refractivity contribution in [1.82, 2.24) is 24.9 Å². The van der Waals surface area contributed by atoms with Crippen LogP contribution in [0, 0.1) is 0 Å². The number of para-hydroxylation sites is 1. The van der Waals surface area contributed by atoms with Gasteiger partial charge in [-0.1, -0.05) is 18.2 Å². The maximum Gasteiger partial charge on any atom is 0.220 e. The molecule has 1 unspecified atom stereocenters. The maximum atomic E-state index is 12.3. The molecule has 0 bridgehead atoms. The molecule has 0 aliphatic rings.